The topological polar surface area (TPSA) is 53.0 Å². The maximum atomic E-state index is 14.1. The standard InChI is InChI=1S/C19H25F3N2O3/c1-27-15-3-4-16(20)14(11-15)12-24-8-2-5-18(26,17(24)25)13-23-9-6-19(21,22)7-10-23/h3-4,11,26H,2,5-10,12-13H2,1H3. The van der Waals surface area contributed by atoms with Crippen LogP contribution in [0.3, 0.4) is 0 Å². The van der Waals surface area contributed by atoms with Gasteiger partial charge in [0.2, 0.25) is 0 Å². The highest BCUT2D eigenvalue weighted by Crippen LogP contribution is 2.31. The third-order valence-electron chi connectivity index (χ3n) is 5.39. The minimum atomic E-state index is -2.67. The van der Waals surface area contributed by atoms with Gasteiger partial charge in [-0.3, -0.25) is 9.69 Å². The summed E-state index contributed by atoms with van der Waals surface area (Å²) in [6.07, 6.45) is 0.305. The Balaban J connectivity index is 1.68. The lowest BCUT2D eigenvalue weighted by atomic mass is 9.90. The monoisotopic (exact) mass is 386 g/mol. The Morgan fingerprint density at radius 2 is 1.89 bits per heavy atom. The zero-order valence-electron chi connectivity index (χ0n) is 15.4. The van der Waals surface area contributed by atoms with Crippen molar-refractivity contribution in [1.82, 2.24) is 9.80 Å². The van der Waals surface area contributed by atoms with Crippen molar-refractivity contribution in [3.63, 3.8) is 0 Å². The number of hydrogen-bond donors (Lipinski definition) is 1. The molecule has 3 rings (SSSR count). The molecule has 8 heteroatoms. The second kappa shape index (κ2) is 7.67. The van der Waals surface area contributed by atoms with E-state index in [1.165, 1.54) is 30.2 Å². The summed E-state index contributed by atoms with van der Waals surface area (Å²) in [6, 6.07) is 4.31. The molecule has 1 atom stereocenters. The van der Waals surface area contributed by atoms with Gasteiger partial charge in [-0.25, -0.2) is 13.2 Å². The Bertz CT molecular complexity index is 691. The smallest absolute Gasteiger partial charge is 0.256 e. The molecular weight excluding hydrogens is 361 g/mol. The predicted octanol–water partition coefficient (Wildman–Crippen LogP) is 2.42. The first-order valence-corrected chi connectivity index (χ1v) is 9.17. The van der Waals surface area contributed by atoms with Crippen LogP contribution >= 0.6 is 0 Å². The van der Waals surface area contributed by atoms with Gasteiger partial charge in [-0.2, -0.15) is 0 Å². The molecule has 0 spiro atoms. The Morgan fingerprint density at radius 3 is 2.56 bits per heavy atom. The molecule has 1 aromatic rings. The molecule has 0 saturated carbocycles. The fourth-order valence-corrected chi connectivity index (χ4v) is 3.78. The first-order chi connectivity index (χ1) is 12.7. The maximum Gasteiger partial charge on any atom is 0.256 e. The Morgan fingerprint density at radius 1 is 1.19 bits per heavy atom. The van der Waals surface area contributed by atoms with Gasteiger partial charge >= 0.3 is 0 Å². The van der Waals surface area contributed by atoms with Gasteiger partial charge in [-0.15, -0.1) is 0 Å². The molecule has 1 aromatic carbocycles. The molecule has 1 amide bonds. The Labute approximate surface area is 156 Å². The number of β-amino-alcohol motifs (C(OH)–C–C–N with tert-alkyl or cyclic N) is 1. The molecule has 2 heterocycles. The fraction of sp³-hybridized carbons (Fsp3) is 0.632. The van der Waals surface area contributed by atoms with E-state index in [4.69, 9.17) is 4.74 Å². The van der Waals surface area contributed by atoms with Gasteiger partial charge in [0, 0.05) is 51.1 Å². The largest absolute Gasteiger partial charge is 0.497 e. The van der Waals surface area contributed by atoms with E-state index in [9.17, 15) is 23.1 Å². The van der Waals surface area contributed by atoms with E-state index in [2.05, 4.69) is 0 Å². The number of hydrogen-bond acceptors (Lipinski definition) is 4. The molecule has 0 aromatic heterocycles. The fourth-order valence-electron chi connectivity index (χ4n) is 3.78. The van der Waals surface area contributed by atoms with Crippen LogP contribution in [0.2, 0.25) is 0 Å². The van der Waals surface area contributed by atoms with Gasteiger partial charge in [-0.05, 0) is 31.0 Å². The molecule has 1 N–H and O–H groups in total. The minimum absolute atomic E-state index is 0.0268. The van der Waals surface area contributed by atoms with Crippen LogP contribution in [0.25, 0.3) is 0 Å². The van der Waals surface area contributed by atoms with Gasteiger partial charge in [-0.1, -0.05) is 0 Å². The number of halogens is 3. The Kier molecular flexibility index (Phi) is 5.67. The summed E-state index contributed by atoms with van der Waals surface area (Å²) in [5.74, 6) is -3.12. The molecule has 0 aliphatic carbocycles. The highest BCUT2D eigenvalue weighted by Gasteiger charge is 2.45. The lowest BCUT2D eigenvalue weighted by Gasteiger charge is -2.42. The minimum Gasteiger partial charge on any atom is -0.497 e. The van der Waals surface area contributed by atoms with Crippen LogP contribution < -0.4 is 4.74 Å². The van der Waals surface area contributed by atoms with Gasteiger partial charge in [0.25, 0.3) is 11.8 Å². The van der Waals surface area contributed by atoms with Gasteiger partial charge in [0.15, 0.2) is 5.60 Å². The number of carbonyl (C=O) groups excluding carboxylic acids is 1. The molecule has 0 bridgehead atoms. The summed E-state index contributed by atoms with van der Waals surface area (Å²) in [6.45, 7) is 0.761. The van der Waals surface area contributed by atoms with Crippen molar-refractivity contribution in [2.75, 3.05) is 33.3 Å². The molecule has 150 valence electrons. The average Bonchev–Trinajstić information content (AvgIpc) is 2.63. The second-order valence-electron chi connectivity index (χ2n) is 7.45. The van der Waals surface area contributed by atoms with Crippen molar-refractivity contribution in [2.24, 2.45) is 0 Å². The van der Waals surface area contributed by atoms with Crippen LogP contribution in [0, 0.1) is 5.82 Å². The summed E-state index contributed by atoms with van der Waals surface area (Å²) in [5, 5.41) is 10.9. The number of rotatable bonds is 5. The molecule has 0 radical (unpaired) electrons. The summed E-state index contributed by atoms with van der Waals surface area (Å²) in [5.41, 5.74) is -1.32. The zero-order chi connectivity index (χ0) is 19.7. The number of alkyl halides is 2. The van der Waals surface area contributed by atoms with Crippen molar-refractivity contribution in [3.8, 4) is 5.75 Å². The normalized spacial score (nSPS) is 26.3. The molecule has 2 aliphatic heterocycles. The van der Waals surface area contributed by atoms with Crippen molar-refractivity contribution < 1.29 is 27.8 Å². The number of methoxy groups -OCH3 is 1. The number of ether oxygens (including phenoxy) is 1. The number of nitrogens with zero attached hydrogens (tertiary/aromatic N) is 2. The number of carbonyl (C=O) groups is 1. The van der Waals surface area contributed by atoms with Crippen LogP contribution in [-0.2, 0) is 11.3 Å². The summed E-state index contributed by atoms with van der Waals surface area (Å²) in [4.78, 5) is 16.0. The van der Waals surface area contributed by atoms with E-state index in [-0.39, 0.29) is 45.4 Å². The van der Waals surface area contributed by atoms with Crippen molar-refractivity contribution >= 4 is 5.91 Å². The average molecular weight is 386 g/mol. The number of benzene rings is 1. The number of amides is 1. The van der Waals surface area contributed by atoms with Gasteiger partial charge in [0.05, 0.1) is 7.11 Å². The van der Waals surface area contributed by atoms with E-state index >= 15 is 0 Å². The van der Waals surface area contributed by atoms with Crippen molar-refractivity contribution in [3.05, 3.63) is 29.6 Å². The highest BCUT2D eigenvalue weighted by molar-refractivity contribution is 5.86. The summed E-state index contributed by atoms with van der Waals surface area (Å²) in [7, 11) is 1.48. The van der Waals surface area contributed by atoms with Gasteiger partial charge in [0.1, 0.15) is 11.6 Å². The second-order valence-corrected chi connectivity index (χ2v) is 7.45. The number of likely N-dealkylation sites (tertiary alicyclic amines) is 2. The van der Waals surface area contributed by atoms with Crippen molar-refractivity contribution in [2.45, 2.75) is 43.8 Å². The molecular formula is C19H25F3N2O3. The molecule has 2 fully saturated rings. The third kappa shape index (κ3) is 4.55. The summed E-state index contributed by atoms with van der Waals surface area (Å²) < 4.78 is 45.8. The van der Waals surface area contributed by atoms with Crippen LogP contribution in [0.5, 0.6) is 5.75 Å². The third-order valence-corrected chi connectivity index (χ3v) is 5.39. The molecule has 1 unspecified atom stereocenters. The van der Waals surface area contributed by atoms with Crippen LogP contribution in [0.4, 0.5) is 13.2 Å². The van der Waals surface area contributed by atoms with Crippen LogP contribution in [0.15, 0.2) is 18.2 Å². The van der Waals surface area contributed by atoms with Crippen LogP contribution in [-0.4, -0.2) is 65.6 Å². The van der Waals surface area contributed by atoms with Crippen LogP contribution in [0.1, 0.15) is 31.2 Å². The highest BCUT2D eigenvalue weighted by atomic mass is 19.3. The predicted molar refractivity (Wildman–Crippen MR) is 93.2 cm³/mol. The zero-order valence-corrected chi connectivity index (χ0v) is 15.4. The molecule has 2 saturated heterocycles. The quantitative estimate of drug-likeness (QED) is 0.845. The van der Waals surface area contributed by atoms with E-state index in [1.54, 1.807) is 4.90 Å². The maximum absolute atomic E-state index is 14.1. The number of piperidine rings is 2. The van der Waals surface area contributed by atoms with E-state index < -0.39 is 23.2 Å². The molecule has 27 heavy (non-hydrogen) atoms. The lowest BCUT2D eigenvalue weighted by molar-refractivity contribution is -0.162. The first-order valence-electron chi connectivity index (χ1n) is 9.17. The molecule has 2 aliphatic rings. The number of aliphatic hydroxyl groups is 1. The van der Waals surface area contributed by atoms with E-state index in [0.717, 1.165) is 0 Å². The van der Waals surface area contributed by atoms with Gasteiger partial charge < -0.3 is 14.7 Å². The molecule has 5 nitrogen and oxygen atoms in total. The SMILES string of the molecule is COc1ccc(F)c(CN2CCCC(O)(CN3CCC(F)(F)CC3)C2=O)c1. The summed E-state index contributed by atoms with van der Waals surface area (Å²) >= 11 is 0. The van der Waals surface area contributed by atoms with Crippen molar-refractivity contribution in [1.29, 1.82) is 0 Å². The van der Waals surface area contributed by atoms with E-state index in [0.29, 0.717) is 24.3 Å². The van der Waals surface area contributed by atoms with E-state index in [1.807, 2.05) is 0 Å². The lowest BCUT2D eigenvalue weighted by Crippen LogP contribution is -2.59. The Hall–Kier alpha value is -1.80. The first kappa shape index (κ1) is 19.9.